The number of benzene rings is 1. The van der Waals surface area contributed by atoms with Crippen LogP contribution in [0.5, 0.6) is 0 Å². The van der Waals surface area contributed by atoms with Crippen molar-refractivity contribution in [1.82, 2.24) is 19.7 Å². The minimum absolute atomic E-state index is 0.225. The van der Waals surface area contributed by atoms with Gasteiger partial charge in [0, 0.05) is 18.2 Å². The fourth-order valence-electron chi connectivity index (χ4n) is 2.04. The molecule has 21 heavy (non-hydrogen) atoms. The van der Waals surface area contributed by atoms with Crippen LogP contribution in [-0.2, 0) is 12.8 Å². The van der Waals surface area contributed by atoms with Gasteiger partial charge in [-0.25, -0.2) is 14.8 Å². The minimum atomic E-state index is -0.966. The number of thioether (sulfide) groups is 1. The highest BCUT2D eigenvalue weighted by atomic mass is 32.2. The maximum Gasteiger partial charge on any atom is 0.339 e. The monoisotopic (exact) mass is 300 g/mol. The van der Waals surface area contributed by atoms with E-state index in [0.717, 1.165) is 15.9 Å². The van der Waals surface area contributed by atoms with E-state index in [9.17, 15) is 4.79 Å². The number of carbonyl (C=O) groups is 1. The normalized spacial score (nSPS) is 10.9. The molecule has 0 aliphatic rings. The summed E-state index contributed by atoms with van der Waals surface area (Å²) in [5, 5.41) is 15.0. The molecule has 0 saturated heterocycles. The number of nitrogens with zero attached hydrogens (tertiary/aromatic N) is 4. The van der Waals surface area contributed by atoms with Crippen LogP contribution in [0.2, 0.25) is 0 Å². The van der Waals surface area contributed by atoms with E-state index >= 15 is 0 Å². The summed E-state index contributed by atoms with van der Waals surface area (Å²) in [5.74, 6) is -0.481. The molecule has 3 aromatic rings. The SMILES string of the molecule is Cn1ncc(C(=O)O)c1CSc1ncnc2ccccc12. The molecule has 0 spiro atoms. The summed E-state index contributed by atoms with van der Waals surface area (Å²) in [7, 11) is 1.74. The van der Waals surface area contributed by atoms with Crippen LogP contribution >= 0.6 is 11.8 Å². The third kappa shape index (κ3) is 2.59. The second-order valence-corrected chi connectivity index (χ2v) is 5.38. The lowest BCUT2D eigenvalue weighted by atomic mass is 10.2. The van der Waals surface area contributed by atoms with E-state index in [1.54, 1.807) is 11.7 Å². The zero-order valence-corrected chi connectivity index (χ0v) is 12.0. The van der Waals surface area contributed by atoms with Gasteiger partial charge in [-0.3, -0.25) is 4.68 Å². The Morgan fingerprint density at radius 3 is 2.95 bits per heavy atom. The summed E-state index contributed by atoms with van der Waals surface area (Å²) in [5.41, 5.74) is 1.76. The van der Waals surface area contributed by atoms with E-state index in [4.69, 9.17) is 5.11 Å². The van der Waals surface area contributed by atoms with E-state index < -0.39 is 5.97 Å². The molecule has 0 amide bonds. The number of hydrogen-bond acceptors (Lipinski definition) is 5. The molecule has 0 aliphatic carbocycles. The Bertz CT molecular complexity index is 810. The number of rotatable bonds is 4. The number of para-hydroxylation sites is 1. The maximum absolute atomic E-state index is 11.2. The van der Waals surface area contributed by atoms with Gasteiger partial charge in [-0.05, 0) is 6.07 Å². The molecule has 7 heteroatoms. The standard InChI is InChI=1S/C14H12N4O2S/c1-18-12(10(6-17-18)14(19)20)7-21-13-9-4-2-3-5-11(9)15-8-16-13/h2-6,8H,7H2,1H3,(H,19,20). The van der Waals surface area contributed by atoms with E-state index in [-0.39, 0.29) is 5.56 Å². The molecular weight excluding hydrogens is 288 g/mol. The third-order valence-corrected chi connectivity index (χ3v) is 4.16. The molecule has 0 aliphatic heterocycles. The molecule has 2 aromatic heterocycles. The Kier molecular flexibility index (Phi) is 3.57. The van der Waals surface area contributed by atoms with Crippen molar-refractivity contribution in [3.8, 4) is 0 Å². The maximum atomic E-state index is 11.2. The Labute approximate surface area is 124 Å². The van der Waals surface area contributed by atoms with Gasteiger partial charge >= 0.3 is 5.97 Å². The zero-order chi connectivity index (χ0) is 14.8. The van der Waals surface area contributed by atoms with Gasteiger partial charge in [-0.1, -0.05) is 30.0 Å². The number of carboxylic acid groups (broad SMARTS) is 1. The first-order valence-corrected chi connectivity index (χ1v) is 7.22. The largest absolute Gasteiger partial charge is 0.478 e. The van der Waals surface area contributed by atoms with Gasteiger partial charge in [-0.2, -0.15) is 5.10 Å². The van der Waals surface area contributed by atoms with Crippen molar-refractivity contribution in [3.05, 3.63) is 48.0 Å². The van der Waals surface area contributed by atoms with Gasteiger partial charge in [-0.15, -0.1) is 0 Å². The Hall–Kier alpha value is -2.41. The molecule has 2 heterocycles. The molecule has 106 valence electrons. The van der Waals surface area contributed by atoms with E-state index in [0.29, 0.717) is 11.4 Å². The number of hydrogen-bond donors (Lipinski definition) is 1. The van der Waals surface area contributed by atoms with Gasteiger partial charge in [0.2, 0.25) is 0 Å². The smallest absolute Gasteiger partial charge is 0.339 e. The molecule has 0 fully saturated rings. The van der Waals surface area contributed by atoms with Crippen LogP contribution in [0.3, 0.4) is 0 Å². The third-order valence-electron chi connectivity index (χ3n) is 3.14. The molecule has 0 atom stereocenters. The highest BCUT2D eigenvalue weighted by Gasteiger charge is 2.15. The average Bonchev–Trinajstić information content (AvgIpc) is 2.86. The lowest BCUT2D eigenvalue weighted by Gasteiger charge is -2.06. The molecule has 1 aromatic carbocycles. The van der Waals surface area contributed by atoms with Gasteiger partial charge in [0.05, 0.1) is 17.4 Å². The van der Waals surface area contributed by atoms with Crippen molar-refractivity contribution in [3.63, 3.8) is 0 Å². The number of carboxylic acids is 1. The van der Waals surface area contributed by atoms with Crippen LogP contribution in [0.1, 0.15) is 16.1 Å². The Balaban J connectivity index is 1.91. The molecule has 0 bridgehead atoms. The highest BCUT2D eigenvalue weighted by Crippen LogP contribution is 2.27. The number of aromatic carboxylic acids is 1. The van der Waals surface area contributed by atoms with Gasteiger partial charge in [0.1, 0.15) is 16.9 Å². The fourth-order valence-corrected chi connectivity index (χ4v) is 3.11. The average molecular weight is 300 g/mol. The zero-order valence-electron chi connectivity index (χ0n) is 11.2. The predicted molar refractivity (Wildman–Crippen MR) is 79.3 cm³/mol. The first-order chi connectivity index (χ1) is 10.2. The molecule has 0 radical (unpaired) electrons. The van der Waals surface area contributed by atoms with Crippen LogP contribution in [0.4, 0.5) is 0 Å². The molecule has 0 saturated carbocycles. The number of aryl methyl sites for hydroxylation is 1. The van der Waals surface area contributed by atoms with Crippen molar-refractivity contribution in [2.75, 3.05) is 0 Å². The summed E-state index contributed by atoms with van der Waals surface area (Å²) in [6.07, 6.45) is 2.89. The number of fused-ring (bicyclic) bond motifs is 1. The lowest BCUT2D eigenvalue weighted by molar-refractivity contribution is 0.0696. The molecule has 0 unspecified atom stereocenters. The number of aromatic nitrogens is 4. The van der Waals surface area contributed by atoms with Crippen molar-refractivity contribution in [2.24, 2.45) is 7.05 Å². The second kappa shape index (κ2) is 5.53. The first kappa shape index (κ1) is 13.6. The van der Waals surface area contributed by atoms with Crippen LogP contribution in [-0.4, -0.2) is 30.8 Å². The Morgan fingerprint density at radius 2 is 2.14 bits per heavy atom. The second-order valence-electron chi connectivity index (χ2n) is 4.42. The predicted octanol–water partition coefficient (Wildman–Crippen LogP) is 2.35. The fraction of sp³-hybridized carbons (Fsp3) is 0.143. The van der Waals surface area contributed by atoms with Crippen molar-refractivity contribution >= 4 is 28.6 Å². The van der Waals surface area contributed by atoms with Crippen LogP contribution in [0.25, 0.3) is 10.9 Å². The van der Waals surface area contributed by atoms with E-state index in [2.05, 4.69) is 15.1 Å². The highest BCUT2D eigenvalue weighted by molar-refractivity contribution is 7.98. The van der Waals surface area contributed by atoms with Crippen molar-refractivity contribution in [2.45, 2.75) is 10.8 Å². The van der Waals surface area contributed by atoms with Crippen LogP contribution in [0, 0.1) is 0 Å². The van der Waals surface area contributed by atoms with Crippen molar-refractivity contribution in [1.29, 1.82) is 0 Å². The van der Waals surface area contributed by atoms with Crippen molar-refractivity contribution < 1.29 is 9.90 Å². The minimum Gasteiger partial charge on any atom is -0.478 e. The molecular formula is C14H12N4O2S. The molecule has 6 nitrogen and oxygen atoms in total. The first-order valence-electron chi connectivity index (χ1n) is 6.23. The van der Waals surface area contributed by atoms with Crippen LogP contribution < -0.4 is 0 Å². The summed E-state index contributed by atoms with van der Waals surface area (Å²) in [4.78, 5) is 19.7. The summed E-state index contributed by atoms with van der Waals surface area (Å²) in [6.45, 7) is 0. The van der Waals surface area contributed by atoms with Crippen LogP contribution in [0.15, 0.2) is 41.8 Å². The molecule has 1 N–H and O–H groups in total. The topological polar surface area (TPSA) is 80.9 Å². The molecule has 3 rings (SSSR count). The van der Waals surface area contributed by atoms with Gasteiger partial charge in [0.25, 0.3) is 0 Å². The van der Waals surface area contributed by atoms with Gasteiger partial charge < -0.3 is 5.11 Å². The summed E-state index contributed by atoms with van der Waals surface area (Å²) >= 11 is 1.48. The van der Waals surface area contributed by atoms with E-state index in [1.165, 1.54) is 24.3 Å². The lowest BCUT2D eigenvalue weighted by Crippen LogP contribution is -2.03. The summed E-state index contributed by atoms with van der Waals surface area (Å²) < 4.78 is 1.58. The summed E-state index contributed by atoms with van der Waals surface area (Å²) in [6, 6.07) is 7.74. The Morgan fingerprint density at radius 1 is 1.33 bits per heavy atom. The quantitative estimate of drug-likeness (QED) is 0.588. The van der Waals surface area contributed by atoms with Gasteiger partial charge in [0.15, 0.2) is 0 Å². The van der Waals surface area contributed by atoms with E-state index in [1.807, 2.05) is 24.3 Å².